The van der Waals surface area contributed by atoms with Gasteiger partial charge in [0.2, 0.25) is 11.7 Å². The third-order valence-corrected chi connectivity index (χ3v) is 5.44. The molecule has 1 aliphatic rings. The molecule has 1 aromatic carbocycles. The summed E-state index contributed by atoms with van der Waals surface area (Å²) in [6.45, 7) is 3.50. The number of hydrogen-bond donors (Lipinski definition) is 0. The minimum atomic E-state index is 0.124. The number of hydrogen-bond acceptors (Lipinski definition) is 5. The maximum absolute atomic E-state index is 12.4. The number of carbonyl (C=O) groups is 1. The van der Waals surface area contributed by atoms with Gasteiger partial charge in [0.05, 0.1) is 4.88 Å². The maximum atomic E-state index is 12.4. The van der Waals surface area contributed by atoms with Crippen LogP contribution in [-0.2, 0) is 0 Å². The molecule has 0 N–H and O–H groups in total. The Morgan fingerprint density at radius 1 is 1.24 bits per heavy atom. The Bertz CT molecular complexity index is 864. The highest BCUT2D eigenvalue weighted by molar-refractivity contribution is 7.12. The van der Waals surface area contributed by atoms with Crippen LogP contribution < -0.4 is 0 Å². The number of aromatic nitrogens is 2. The van der Waals surface area contributed by atoms with E-state index in [1.165, 1.54) is 16.9 Å². The third kappa shape index (κ3) is 3.35. The Morgan fingerprint density at radius 3 is 2.80 bits per heavy atom. The molecule has 2 aromatic heterocycles. The van der Waals surface area contributed by atoms with Gasteiger partial charge in [0.25, 0.3) is 5.91 Å². The molecule has 0 radical (unpaired) electrons. The van der Waals surface area contributed by atoms with Crippen molar-refractivity contribution in [1.29, 1.82) is 0 Å². The van der Waals surface area contributed by atoms with Gasteiger partial charge in [-0.1, -0.05) is 35.0 Å². The SMILES string of the molecule is Cc1cccc(-c2noc(C3CCN(C(=O)c4cccs4)CC3)n2)c1. The van der Waals surface area contributed by atoms with Gasteiger partial charge in [-0.15, -0.1) is 11.3 Å². The summed E-state index contributed by atoms with van der Waals surface area (Å²) in [4.78, 5) is 19.7. The summed E-state index contributed by atoms with van der Waals surface area (Å²) in [6.07, 6.45) is 1.71. The molecule has 4 rings (SSSR count). The quantitative estimate of drug-likeness (QED) is 0.710. The second-order valence-corrected chi connectivity index (χ2v) is 7.32. The number of carbonyl (C=O) groups excluding carboxylic acids is 1. The topological polar surface area (TPSA) is 59.2 Å². The van der Waals surface area contributed by atoms with Gasteiger partial charge < -0.3 is 9.42 Å². The highest BCUT2D eigenvalue weighted by Gasteiger charge is 2.28. The lowest BCUT2D eigenvalue weighted by molar-refractivity contribution is 0.0709. The Labute approximate surface area is 150 Å². The normalized spacial score (nSPS) is 15.5. The number of thiophene rings is 1. The second-order valence-electron chi connectivity index (χ2n) is 6.37. The van der Waals surface area contributed by atoms with Gasteiger partial charge in [-0.25, -0.2) is 0 Å². The number of piperidine rings is 1. The predicted octanol–water partition coefficient (Wildman–Crippen LogP) is 4.13. The van der Waals surface area contributed by atoms with E-state index in [0.29, 0.717) is 11.7 Å². The van der Waals surface area contributed by atoms with Crippen molar-refractivity contribution < 1.29 is 9.32 Å². The van der Waals surface area contributed by atoms with Gasteiger partial charge in [0.15, 0.2) is 0 Å². The van der Waals surface area contributed by atoms with Crippen LogP contribution in [-0.4, -0.2) is 34.0 Å². The molecule has 128 valence electrons. The van der Waals surface area contributed by atoms with Crippen LogP contribution >= 0.6 is 11.3 Å². The van der Waals surface area contributed by atoms with Gasteiger partial charge >= 0.3 is 0 Å². The van der Waals surface area contributed by atoms with E-state index in [9.17, 15) is 4.79 Å². The van der Waals surface area contributed by atoms with Crippen molar-refractivity contribution in [3.8, 4) is 11.4 Å². The van der Waals surface area contributed by atoms with Gasteiger partial charge in [0.1, 0.15) is 0 Å². The number of likely N-dealkylation sites (tertiary alicyclic amines) is 1. The Balaban J connectivity index is 1.42. The monoisotopic (exact) mass is 353 g/mol. The lowest BCUT2D eigenvalue weighted by Crippen LogP contribution is -2.37. The number of benzene rings is 1. The van der Waals surface area contributed by atoms with E-state index >= 15 is 0 Å². The third-order valence-electron chi connectivity index (χ3n) is 4.58. The van der Waals surface area contributed by atoms with Gasteiger partial charge in [-0.3, -0.25) is 4.79 Å². The smallest absolute Gasteiger partial charge is 0.263 e. The van der Waals surface area contributed by atoms with E-state index in [0.717, 1.165) is 36.4 Å². The fourth-order valence-corrected chi connectivity index (χ4v) is 3.88. The van der Waals surface area contributed by atoms with Gasteiger partial charge in [0, 0.05) is 24.6 Å². The van der Waals surface area contributed by atoms with E-state index in [-0.39, 0.29) is 11.8 Å². The summed E-state index contributed by atoms with van der Waals surface area (Å²) in [5.74, 6) is 1.66. The van der Waals surface area contributed by atoms with Crippen molar-refractivity contribution in [1.82, 2.24) is 15.0 Å². The molecule has 5 nitrogen and oxygen atoms in total. The zero-order valence-corrected chi connectivity index (χ0v) is 14.8. The van der Waals surface area contributed by atoms with Crippen molar-refractivity contribution in [3.63, 3.8) is 0 Å². The van der Waals surface area contributed by atoms with Crippen molar-refractivity contribution in [2.24, 2.45) is 0 Å². The molecule has 0 aliphatic carbocycles. The first kappa shape index (κ1) is 16.0. The van der Waals surface area contributed by atoms with Crippen LogP contribution in [0.1, 0.15) is 39.9 Å². The molecule has 1 saturated heterocycles. The molecule has 1 amide bonds. The van der Waals surface area contributed by atoms with E-state index < -0.39 is 0 Å². The van der Waals surface area contributed by atoms with Crippen molar-refractivity contribution in [3.05, 3.63) is 58.1 Å². The van der Waals surface area contributed by atoms with Crippen LogP contribution in [0.25, 0.3) is 11.4 Å². The highest BCUT2D eigenvalue weighted by Crippen LogP contribution is 2.29. The number of nitrogens with zero attached hydrogens (tertiary/aromatic N) is 3. The molecule has 6 heteroatoms. The summed E-state index contributed by atoms with van der Waals surface area (Å²) in [5.41, 5.74) is 2.14. The average molecular weight is 353 g/mol. The average Bonchev–Trinajstić information content (AvgIpc) is 3.33. The largest absolute Gasteiger partial charge is 0.339 e. The van der Waals surface area contributed by atoms with Crippen LogP contribution in [0.15, 0.2) is 46.3 Å². The van der Waals surface area contributed by atoms with Crippen molar-refractivity contribution >= 4 is 17.2 Å². The van der Waals surface area contributed by atoms with Crippen LogP contribution in [0.3, 0.4) is 0 Å². The summed E-state index contributed by atoms with van der Waals surface area (Å²) in [6, 6.07) is 11.9. The van der Waals surface area contributed by atoms with E-state index in [1.54, 1.807) is 0 Å². The number of rotatable bonds is 3. The molecule has 0 saturated carbocycles. The summed E-state index contributed by atoms with van der Waals surface area (Å²) in [5, 5.41) is 6.07. The molecule has 3 aromatic rings. The molecule has 1 aliphatic heterocycles. The Kier molecular flexibility index (Phi) is 4.36. The van der Waals surface area contributed by atoms with Crippen LogP contribution in [0.2, 0.25) is 0 Å². The summed E-state index contributed by atoms with van der Waals surface area (Å²) >= 11 is 1.49. The van der Waals surface area contributed by atoms with E-state index in [2.05, 4.69) is 16.2 Å². The number of amides is 1. The van der Waals surface area contributed by atoms with Crippen LogP contribution in [0, 0.1) is 6.92 Å². The van der Waals surface area contributed by atoms with Gasteiger partial charge in [-0.05, 0) is 37.3 Å². The fraction of sp³-hybridized carbons (Fsp3) is 0.316. The Hall–Kier alpha value is -2.47. The molecule has 1 fully saturated rings. The fourth-order valence-electron chi connectivity index (χ4n) is 3.19. The second kappa shape index (κ2) is 6.80. The van der Waals surface area contributed by atoms with Crippen molar-refractivity contribution in [2.75, 3.05) is 13.1 Å². The highest BCUT2D eigenvalue weighted by atomic mass is 32.1. The van der Waals surface area contributed by atoms with Crippen molar-refractivity contribution in [2.45, 2.75) is 25.7 Å². The molecule has 0 bridgehead atoms. The standard InChI is InChI=1S/C19H19N3O2S/c1-13-4-2-5-15(12-13)17-20-18(24-21-17)14-7-9-22(10-8-14)19(23)16-6-3-11-25-16/h2-6,11-12,14H,7-10H2,1H3. The predicted molar refractivity (Wildman–Crippen MR) is 96.7 cm³/mol. The van der Waals surface area contributed by atoms with E-state index in [1.807, 2.05) is 47.5 Å². The zero-order chi connectivity index (χ0) is 17.2. The molecule has 0 atom stereocenters. The van der Waals surface area contributed by atoms with Crippen LogP contribution in [0.4, 0.5) is 0 Å². The van der Waals surface area contributed by atoms with Gasteiger partial charge in [-0.2, -0.15) is 4.98 Å². The minimum Gasteiger partial charge on any atom is -0.339 e. The summed E-state index contributed by atoms with van der Waals surface area (Å²) < 4.78 is 5.50. The molecule has 0 unspecified atom stereocenters. The maximum Gasteiger partial charge on any atom is 0.263 e. The first-order chi connectivity index (χ1) is 12.2. The van der Waals surface area contributed by atoms with E-state index in [4.69, 9.17) is 4.52 Å². The lowest BCUT2D eigenvalue weighted by Gasteiger charge is -2.30. The first-order valence-corrected chi connectivity index (χ1v) is 9.32. The van der Waals surface area contributed by atoms with Crippen LogP contribution in [0.5, 0.6) is 0 Å². The summed E-state index contributed by atoms with van der Waals surface area (Å²) in [7, 11) is 0. The zero-order valence-electron chi connectivity index (χ0n) is 14.0. The first-order valence-electron chi connectivity index (χ1n) is 8.44. The molecular weight excluding hydrogens is 334 g/mol. The number of aryl methyl sites for hydroxylation is 1. The Morgan fingerprint density at radius 2 is 2.08 bits per heavy atom. The molecule has 0 spiro atoms. The molecule has 3 heterocycles. The molecule has 25 heavy (non-hydrogen) atoms. The molecular formula is C19H19N3O2S. The lowest BCUT2D eigenvalue weighted by atomic mass is 9.96. The minimum absolute atomic E-state index is 0.124.